The molecule has 48 heavy (non-hydrogen) atoms. The van der Waals surface area contributed by atoms with E-state index in [2.05, 4.69) is 26.3 Å². The van der Waals surface area contributed by atoms with Gasteiger partial charge < -0.3 is 30.0 Å². The van der Waals surface area contributed by atoms with Crippen LogP contribution in [0.15, 0.2) is 36.8 Å². The number of morpholine rings is 1. The summed E-state index contributed by atoms with van der Waals surface area (Å²) < 4.78 is 61.6. The van der Waals surface area contributed by atoms with Gasteiger partial charge in [0.15, 0.2) is 0 Å². The van der Waals surface area contributed by atoms with Crippen molar-refractivity contribution in [3.8, 4) is 28.8 Å². The first-order valence-corrected chi connectivity index (χ1v) is 16.4. The molecule has 0 unspecified atom stereocenters. The Morgan fingerprint density at radius 3 is 2.38 bits per heavy atom. The lowest BCUT2D eigenvalue weighted by molar-refractivity contribution is -0.175. The first-order chi connectivity index (χ1) is 23.2. The van der Waals surface area contributed by atoms with E-state index in [0.717, 1.165) is 44.5 Å². The smallest absolute Gasteiger partial charge is 0.411 e. The predicted molar refractivity (Wildman–Crippen MR) is 170 cm³/mol. The molecule has 2 bridgehead atoms. The van der Waals surface area contributed by atoms with Crippen LogP contribution in [0, 0.1) is 11.3 Å². The highest BCUT2D eigenvalue weighted by atomic mass is 19.4. The molecule has 3 atom stereocenters. The molecule has 0 radical (unpaired) electrons. The van der Waals surface area contributed by atoms with E-state index in [1.165, 1.54) is 12.8 Å². The summed E-state index contributed by atoms with van der Waals surface area (Å²) in [7, 11) is 0. The minimum Gasteiger partial charge on any atom is -0.488 e. The third kappa shape index (κ3) is 8.18. The molecule has 3 fully saturated rings. The topological polar surface area (TPSA) is 146 Å². The van der Waals surface area contributed by atoms with Crippen molar-refractivity contribution in [2.24, 2.45) is 5.73 Å². The van der Waals surface area contributed by atoms with Gasteiger partial charge in [-0.15, -0.1) is 5.10 Å². The number of nitrogens with two attached hydrogens (primary N) is 1. The lowest BCUT2D eigenvalue weighted by Crippen LogP contribution is -2.52. The van der Waals surface area contributed by atoms with Gasteiger partial charge in [-0.2, -0.15) is 18.4 Å². The molecule has 1 saturated carbocycles. The monoisotopic (exact) mass is 670 g/mol. The van der Waals surface area contributed by atoms with Crippen molar-refractivity contribution in [3.63, 3.8) is 0 Å². The fraction of sp³-hybridized carbons (Fsp3) is 0.576. The van der Waals surface area contributed by atoms with Gasteiger partial charge >= 0.3 is 6.18 Å². The summed E-state index contributed by atoms with van der Waals surface area (Å²) in [6, 6.07) is 9.07. The third-order valence-electron chi connectivity index (χ3n) is 9.18. The number of ether oxygens (including phenoxy) is 4. The maximum absolute atomic E-state index is 12.5. The van der Waals surface area contributed by atoms with E-state index in [4.69, 9.17) is 29.8 Å². The Hall–Kier alpha value is -3.97. The highest BCUT2D eigenvalue weighted by Gasteiger charge is 2.42. The molecule has 4 heterocycles. The zero-order valence-electron chi connectivity index (χ0n) is 26.9. The first-order valence-electron chi connectivity index (χ1n) is 16.4. The zero-order valence-corrected chi connectivity index (χ0v) is 26.9. The number of alkyl halides is 3. The molecule has 3 aliphatic rings. The highest BCUT2D eigenvalue weighted by Crippen LogP contribution is 2.39. The van der Waals surface area contributed by atoms with Crippen LogP contribution in [0.4, 0.5) is 24.8 Å². The molecule has 2 saturated heterocycles. The highest BCUT2D eigenvalue weighted by molar-refractivity contribution is 5.67. The quantitative estimate of drug-likeness (QED) is 0.237. The largest absolute Gasteiger partial charge is 0.488 e. The fourth-order valence-electron chi connectivity index (χ4n) is 6.84. The molecule has 12 nitrogen and oxygen atoms in total. The summed E-state index contributed by atoms with van der Waals surface area (Å²) in [4.78, 5) is 11.6. The number of fused-ring (bicyclic) bond motifs is 2. The number of hydrogen-bond donors (Lipinski definition) is 2. The van der Waals surface area contributed by atoms with Gasteiger partial charge in [-0.25, -0.2) is 9.97 Å². The Balaban J connectivity index is 1.14. The van der Waals surface area contributed by atoms with Crippen molar-refractivity contribution in [2.45, 2.75) is 81.9 Å². The van der Waals surface area contributed by atoms with E-state index >= 15 is 0 Å². The minimum atomic E-state index is -4.41. The van der Waals surface area contributed by atoms with Crippen LogP contribution in [-0.2, 0) is 9.47 Å². The Bertz CT molecular complexity index is 1540. The minimum absolute atomic E-state index is 0.111. The Morgan fingerprint density at radius 1 is 1.02 bits per heavy atom. The summed E-state index contributed by atoms with van der Waals surface area (Å²) in [6.45, 7) is 2.06. The molecule has 2 aromatic heterocycles. The summed E-state index contributed by atoms with van der Waals surface area (Å²) in [6.07, 6.45) is 6.86. The van der Waals surface area contributed by atoms with Gasteiger partial charge in [0.25, 0.3) is 5.88 Å². The number of anilines is 2. The number of rotatable bonds is 13. The van der Waals surface area contributed by atoms with E-state index in [9.17, 15) is 18.4 Å². The first kappa shape index (κ1) is 33.9. The fourth-order valence-corrected chi connectivity index (χ4v) is 6.84. The molecule has 0 amide bonds. The van der Waals surface area contributed by atoms with E-state index in [1.54, 1.807) is 30.6 Å². The number of benzene rings is 1. The van der Waals surface area contributed by atoms with Crippen molar-refractivity contribution in [1.82, 2.24) is 24.6 Å². The van der Waals surface area contributed by atoms with Gasteiger partial charge in [-0.05, 0) is 63.1 Å². The number of nitrogens with zero attached hydrogens (tertiary/aromatic N) is 6. The molecule has 15 heteroatoms. The standard InChI is InChI=1S/C33H41F3N8O4/c1-21(13-37)48-30-12-22(2-3-23(30)14-38)24-15-39-32(40-16-24)41-29-17-43(42-31(29)47-11-10-45-20-33(34,35)36)25-4-6-26(7-5-25)44-27-8-9-28(44)19-46-18-27/h2-3,12,15-17,21,25-28H,4-11,13,18-20,37H2,1H3,(H,39,40,41)/t21-,25?,26?,27-,28+/m0/s1. The third-order valence-corrected chi connectivity index (χ3v) is 9.18. The van der Waals surface area contributed by atoms with Crippen LogP contribution < -0.4 is 20.5 Å². The Morgan fingerprint density at radius 2 is 1.71 bits per heavy atom. The number of hydrogen-bond acceptors (Lipinski definition) is 11. The normalized spacial score (nSPS) is 23.4. The van der Waals surface area contributed by atoms with Crippen molar-refractivity contribution in [2.75, 3.05) is 44.9 Å². The van der Waals surface area contributed by atoms with Crippen LogP contribution in [0.25, 0.3) is 11.1 Å². The zero-order chi connectivity index (χ0) is 33.7. The van der Waals surface area contributed by atoms with Crippen LogP contribution in [0.5, 0.6) is 11.6 Å². The van der Waals surface area contributed by atoms with Crippen molar-refractivity contribution in [1.29, 1.82) is 5.26 Å². The number of nitrogens with one attached hydrogen (secondary N) is 1. The Kier molecular flexibility index (Phi) is 10.6. The van der Waals surface area contributed by atoms with E-state index in [1.807, 2.05) is 17.8 Å². The molecular formula is C33H41F3N8O4. The number of halogens is 3. The van der Waals surface area contributed by atoms with E-state index in [-0.39, 0.29) is 37.2 Å². The number of aromatic nitrogens is 4. The van der Waals surface area contributed by atoms with Crippen molar-refractivity contribution in [3.05, 3.63) is 42.4 Å². The molecule has 3 N–H and O–H groups in total. The summed E-state index contributed by atoms with van der Waals surface area (Å²) in [5.41, 5.74) is 8.05. The van der Waals surface area contributed by atoms with Gasteiger partial charge in [0.2, 0.25) is 5.95 Å². The van der Waals surface area contributed by atoms with Crippen molar-refractivity contribution < 1.29 is 32.1 Å². The maximum Gasteiger partial charge on any atom is 0.411 e. The lowest BCUT2D eigenvalue weighted by atomic mass is 9.89. The molecule has 2 aliphatic heterocycles. The molecular weight excluding hydrogens is 629 g/mol. The van der Waals surface area contributed by atoms with Crippen molar-refractivity contribution >= 4 is 11.6 Å². The van der Waals surface area contributed by atoms with Gasteiger partial charge in [-0.3, -0.25) is 9.58 Å². The molecule has 1 aliphatic carbocycles. The molecule has 6 rings (SSSR count). The number of nitriles is 1. The summed E-state index contributed by atoms with van der Waals surface area (Å²) in [5.74, 6) is 0.939. The average molecular weight is 671 g/mol. The van der Waals surface area contributed by atoms with E-state index in [0.29, 0.717) is 47.2 Å². The predicted octanol–water partition coefficient (Wildman–Crippen LogP) is 4.99. The second-order valence-electron chi connectivity index (χ2n) is 12.6. The van der Waals surface area contributed by atoms with Gasteiger partial charge in [0.1, 0.15) is 36.8 Å². The summed E-state index contributed by atoms with van der Waals surface area (Å²) in [5, 5.41) is 17.3. The Labute approximate surface area is 277 Å². The maximum atomic E-state index is 12.5. The van der Waals surface area contributed by atoms with Crippen LogP contribution in [0.2, 0.25) is 0 Å². The molecule has 1 aromatic carbocycles. The molecule has 3 aromatic rings. The van der Waals surface area contributed by atoms with Crippen LogP contribution in [0.1, 0.15) is 57.1 Å². The average Bonchev–Trinajstić information content (AvgIpc) is 3.59. The van der Waals surface area contributed by atoms with Gasteiger partial charge in [-0.1, -0.05) is 6.07 Å². The van der Waals surface area contributed by atoms with Crippen LogP contribution in [-0.4, -0.2) is 94.6 Å². The molecule has 0 spiro atoms. The second-order valence-corrected chi connectivity index (χ2v) is 12.6. The van der Waals surface area contributed by atoms with Gasteiger partial charge in [0, 0.05) is 42.6 Å². The van der Waals surface area contributed by atoms with Gasteiger partial charge in [0.05, 0.1) is 37.6 Å². The molecule has 258 valence electrons. The SMILES string of the molecule is C[C@@H](CN)Oc1cc(-c2cnc(Nc3cn(C4CCC(N5[C@@H]6CC[C@H]5COC6)CC4)nc3OCCOCC(F)(F)F)nc2)ccc1C#N. The van der Waals surface area contributed by atoms with Crippen LogP contribution in [0.3, 0.4) is 0 Å². The van der Waals surface area contributed by atoms with E-state index < -0.39 is 12.8 Å². The lowest BCUT2D eigenvalue weighted by Gasteiger charge is -2.43. The second kappa shape index (κ2) is 15.1. The van der Waals surface area contributed by atoms with Crippen LogP contribution >= 0.6 is 0 Å². The summed E-state index contributed by atoms with van der Waals surface area (Å²) >= 11 is 0.